The van der Waals surface area contributed by atoms with Crippen LogP contribution in [0.2, 0.25) is 0 Å². The lowest BCUT2D eigenvalue weighted by molar-refractivity contribution is -0.197. The minimum absolute atomic E-state index is 0.0119. The number of nitrogens with zero attached hydrogens (tertiary/aromatic N) is 3. The van der Waals surface area contributed by atoms with Gasteiger partial charge in [0.25, 0.3) is 11.8 Å². The van der Waals surface area contributed by atoms with E-state index in [4.69, 9.17) is 4.84 Å². The Morgan fingerprint density at radius 3 is 2.32 bits per heavy atom. The lowest BCUT2D eigenvalue weighted by Crippen LogP contribution is -2.56. The first-order valence-electron chi connectivity index (χ1n) is 9.27. The number of piperazine rings is 1. The van der Waals surface area contributed by atoms with E-state index in [0.717, 1.165) is 13.1 Å². The molecule has 2 rings (SSSR count). The molecule has 2 N–H and O–H groups in total. The van der Waals surface area contributed by atoms with E-state index in [1.54, 1.807) is 0 Å². The van der Waals surface area contributed by atoms with Crippen molar-refractivity contribution >= 4 is 29.6 Å². The third-order valence-corrected chi connectivity index (χ3v) is 4.66. The Labute approximate surface area is 163 Å². The van der Waals surface area contributed by atoms with E-state index >= 15 is 0 Å². The topological polar surface area (TPSA) is 128 Å². The van der Waals surface area contributed by atoms with E-state index in [1.807, 2.05) is 19.0 Å². The van der Waals surface area contributed by atoms with Crippen molar-refractivity contribution in [1.82, 2.24) is 25.5 Å². The van der Waals surface area contributed by atoms with Crippen LogP contribution in [0.3, 0.4) is 0 Å². The van der Waals surface area contributed by atoms with Crippen LogP contribution in [0.1, 0.15) is 25.7 Å². The second-order valence-corrected chi connectivity index (χ2v) is 6.94. The van der Waals surface area contributed by atoms with Gasteiger partial charge >= 0.3 is 5.97 Å². The average Bonchev–Trinajstić information content (AvgIpc) is 2.95. The van der Waals surface area contributed by atoms with E-state index in [0.29, 0.717) is 11.6 Å². The fourth-order valence-corrected chi connectivity index (χ4v) is 2.91. The molecule has 11 heteroatoms. The van der Waals surface area contributed by atoms with Gasteiger partial charge in [-0.3, -0.25) is 24.1 Å². The molecule has 2 heterocycles. The molecule has 0 aromatic carbocycles. The predicted octanol–water partition coefficient (Wildman–Crippen LogP) is -2.15. The quantitative estimate of drug-likeness (QED) is 0.444. The summed E-state index contributed by atoms with van der Waals surface area (Å²) in [5.41, 5.74) is 0. The summed E-state index contributed by atoms with van der Waals surface area (Å²) >= 11 is 0. The molecule has 4 amide bonds. The largest absolute Gasteiger partial charge is 0.355 e. The van der Waals surface area contributed by atoms with Gasteiger partial charge in [-0.1, -0.05) is 0 Å². The van der Waals surface area contributed by atoms with Gasteiger partial charge in [0.1, 0.15) is 6.04 Å². The van der Waals surface area contributed by atoms with Crippen molar-refractivity contribution in [2.75, 3.05) is 46.8 Å². The Morgan fingerprint density at radius 1 is 1.00 bits per heavy atom. The van der Waals surface area contributed by atoms with Crippen molar-refractivity contribution in [3.8, 4) is 0 Å². The monoisotopic (exact) mass is 397 g/mol. The van der Waals surface area contributed by atoms with Crippen molar-refractivity contribution in [3.05, 3.63) is 0 Å². The number of hydroxylamine groups is 2. The van der Waals surface area contributed by atoms with Crippen LogP contribution < -0.4 is 10.6 Å². The lowest BCUT2D eigenvalue weighted by Gasteiger charge is -2.36. The SMILES string of the molecule is CN1CCN(C)C(C(=O)NCCC(=O)NCCC(=O)ON2C(=O)CCC2=O)C1. The minimum Gasteiger partial charge on any atom is -0.355 e. The van der Waals surface area contributed by atoms with Gasteiger partial charge in [-0.2, -0.15) is 0 Å². The molecule has 0 aromatic heterocycles. The molecule has 2 aliphatic rings. The van der Waals surface area contributed by atoms with Gasteiger partial charge in [0.15, 0.2) is 0 Å². The second kappa shape index (κ2) is 10.1. The highest BCUT2D eigenvalue weighted by Gasteiger charge is 2.32. The first kappa shape index (κ1) is 21.8. The summed E-state index contributed by atoms with van der Waals surface area (Å²) in [6, 6.07) is -0.243. The smallest absolute Gasteiger partial charge is 0.334 e. The molecule has 11 nitrogen and oxygen atoms in total. The molecule has 0 spiro atoms. The van der Waals surface area contributed by atoms with Gasteiger partial charge in [0.05, 0.1) is 6.42 Å². The first-order valence-corrected chi connectivity index (χ1v) is 9.27. The van der Waals surface area contributed by atoms with Crippen LogP contribution in [0, 0.1) is 0 Å². The third-order valence-electron chi connectivity index (χ3n) is 4.66. The van der Waals surface area contributed by atoms with E-state index in [-0.39, 0.29) is 56.6 Å². The molecule has 2 fully saturated rings. The molecule has 0 aliphatic carbocycles. The molecule has 0 aromatic rings. The van der Waals surface area contributed by atoms with Crippen molar-refractivity contribution in [2.24, 2.45) is 0 Å². The van der Waals surface area contributed by atoms with Gasteiger partial charge in [-0.15, -0.1) is 5.06 Å². The molecule has 2 aliphatic heterocycles. The number of hydrogen-bond donors (Lipinski definition) is 2. The Bertz CT molecular complexity index is 624. The maximum atomic E-state index is 12.2. The number of carbonyl (C=O) groups excluding carboxylic acids is 5. The molecule has 2 saturated heterocycles. The van der Waals surface area contributed by atoms with Gasteiger partial charge in [-0.05, 0) is 14.1 Å². The molecule has 156 valence electrons. The zero-order valence-electron chi connectivity index (χ0n) is 16.2. The van der Waals surface area contributed by atoms with Crippen LogP contribution >= 0.6 is 0 Å². The molecular formula is C17H27N5O6. The van der Waals surface area contributed by atoms with E-state index in [2.05, 4.69) is 15.5 Å². The summed E-state index contributed by atoms with van der Waals surface area (Å²) in [5.74, 6) is -2.32. The van der Waals surface area contributed by atoms with Crippen LogP contribution in [-0.2, 0) is 28.8 Å². The van der Waals surface area contributed by atoms with Crippen molar-refractivity contribution < 1.29 is 28.8 Å². The van der Waals surface area contributed by atoms with E-state index in [1.165, 1.54) is 0 Å². The first-order chi connectivity index (χ1) is 13.3. The van der Waals surface area contributed by atoms with Gasteiger partial charge in [0.2, 0.25) is 11.8 Å². The Balaban J connectivity index is 1.58. The predicted molar refractivity (Wildman–Crippen MR) is 96.3 cm³/mol. The van der Waals surface area contributed by atoms with Crippen LogP contribution in [0.5, 0.6) is 0 Å². The minimum atomic E-state index is -0.776. The highest BCUT2D eigenvalue weighted by atomic mass is 16.7. The lowest BCUT2D eigenvalue weighted by atomic mass is 10.1. The zero-order chi connectivity index (χ0) is 20.7. The summed E-state index contributed by atoms with van der Waals surface area (Å²) in [7, 11) is 3.85. The summed E-state index contributed by atoms with van der Waals surface area (Å²) < 4.78 is 0. The van der Waals surface area contributed by atoms with Gasteiger partial charge < -0.3 is 20.4 Å². The number of rotatable bonds is 8. The molecule has 1 atom stereocenters. The Kier molecular flexibility index (Phi) is 7.88. The Hall–Kier alpha value is -2.53. The number of hydrogen-bond acceptors (Lipinski definition) is 8. The normalized spacial score (nSPS) is 20.9. The van der Waals surface area contributed by atoms with Crippen LogP contribution in [0.4, 0.5) is 0 Å². The van der Waals surface area contributed by atoms with Crippen molar-refractivity contribution in [2.45, 2.75) is 31.7 Å². The highest BCUT2D eigenvalue weighted by Crippen LogP contribution is 2.12. The third kappa shape index (κ3) is 6.27. The van der Waals surface area contributed by atoms with Crippen LogP contribution in [-0.4, -0.2) is 97.3 Å². The number of amides is 4. The number of likely N-dealkylation sites (N-methyl/N-ethyl adjacent to an activating group) is 2. The number of carbonyl (C=O) groups is 5. The fraction of sp³-hybridized carbons (Fsp3) is 0.706. The van der Waals surface area contributed by atoms with E-state index in [9.17, 15) is 24.0 Å². The van der Waals surface area contributed by atoms with Gasteiger partial charge in [0, 0.05) is 52.0 Å². The van der Waals surface area contributed by atoms with Crippen LogP contribution in [0.25, 0.3) is 0 Å². The maximum Gasteiger partial charge on any atom is 0.334 e. The molecule has 0 saturated carbocycles. The fourth-order valence-electron chi connectivity index (χ4n) is 2.91. The molecular weight excluding hydrogens is 370 g/mol. The maximum absolute atomic E-state index is 12.2. The number of imide groups is 1. The number of nitrogens with one attached hydrogen (secondary N) is 2. The Morgan fingerprint density at radius 2 is 1.64 bits per heavy atom. The zero-order valence-corrected chi connectivity index (χ0v) is 16.2. The molecule has 28 heavy (non-hydrogen) atoms. The standard InChI is InChI=1S/C17H27N5O6/c1-20-9-10-21(2)12(11-20)17(27)19-7-5-13(23)18-8-6-16(26)28-22-14(24)3-4-15(22)25/h12H,3-11H2,1-2H3,(H,18,23)(H,19,27). The van der Waals surface area contributed by atoms with Crippen molar-refractivity contribution in [1.29, 1.82) is 0 Å². The second-order valence-electron chi connectivity index (χ2n) is 6.94. The highest BCUT2D eigenvalue weighted by molar-refractivity contribution is 6.01. The summed E-state index contributed by atoms with van der Waals surface area (Å²) in [6.45, 7) is 2.56. The van der Waals surface area contributed by atoms with E-state index < -0.39 is 17.8 Å². The average molecular weight is 397 g/mol. The molecule has 0 radical (unpaired) electrons. The molecule has 0 bridgehead atoms. The van der Waals surface area contributed by atoms with Gasteiger partial charge in [-0.25, -0.2) is 4.79 Å². The summed E-state index contributed by atoms with van der Waals surface area (Å²) in [5, 5.41) is 5.75. The van der Waals surface area contributed by atoms with Crippen LogP contribution in [0.15, 0.2) is 0 Å². The summed E-state index contributed by atoms with van der Waals surface area (Å²) in [6.07, 6.45) is -0.0342. The van der Waals surface area contributed by atoms with Crippen molar-refractivity contribution in [3.63, 3.8) is 0 Å². The molecule has 1 unspecified atom stereocenters. The summed E-state index contributed by atoms with van der Waals surface area (Å²) in [4.78, 5) is 67.1.